The Morgan fingerprint density at radius 3 is 2.00 bits per heavy atom. The summed E-state index contributed by atoms with van der Waals surface area (Å²) in [5, 5.41) is 0. The van der Waals surface area contributed by atoms with Crippen molar-refractivity contribution in [2.75, 3.05) is 48.8 Å². The largest absolute Gasteiger partial charge is 0.348 e. The Morgan fingerprint density at radius 2 is 1.65 bits per heavy atom. The molecule has 6 nitrogen and oxygen atoms in total. The van der Waals surface area contributed by atoms with E-state index in [0.717, 1.165) is 18.5 Å². The molecule has 6 heteroatoms. The molecule has 98 valence electrons. The van der Waals surface area contributed by atoms with Gasteiger partial charge in [0.25, 0.3) is 0 Å². The molecule has 0 aromatic rings. The van der Waals surface area contributed by atoms with Crippen LogP contribution in [0.4, 0.5) is 0 Å². The number of aliphatic imine (C=N–C) groups is 2. The van der Waals surface area contributed by atoms with E-state index in [4.69, 9.17) is 0 Å². The zero-order valence-corrected chi connectivity index (χ0v) is 12.0. The lowest BCUT2D eigenvalue weighted by molar-refractivity contribution is 0.140. The normalized spacial score (nSPS) is 20.2. The fourth-order valence-corrected chi connectivity index (χ4v) is 1.73. The average molecular weight is 240 g/mol. The minimum Gasteiger partial charge on any atom is -0.348 e. The van der Waals surface area contributed by atoms with Crippen LogP contribution in [0.25, 0.3) is 0 Å². The van der Waals surface area contributed by atoms with Crippen LogP contribution in [-0.2, 0) is 0 Å². The second-order valence-electron chi connectivity index (χ2n) is 4.73. The van der Waals surface area contributed by atoms with E-state index in [9.17, 15) is 0 Å². The summed E-state index contributed by atoms with van der Waals surface area (Å²) in [6, 6.07) is 0. The third-order valence-corrected chi connectivity index (χ3v) is 2.57. The molecule has 0 saturated heterocycles. The molecule has 1 atom stereocenters. The van der Waals surface area contributed by atoms with E-state index in [-0.39, 0.29) is 6.29 Å². The van der Waals surface area contributed by atoms with Crippen LogP contribution in [0.2, 0.25) is 0 Å². The van der Waals surface area contributed by atoms with Crippen LogP contribution in [0.1, 0.15) is 6.92 Å². The molecular weight excluding hydrogens is 216 g/mol. The Labute approximate surface area is 104 Å². The maximum Gasteiger partial charge on any atom is 0.226 e. The highest BCUT2D eigenvalue weighted by molar-refractivity contribution is 5.96. The van der Waals surface area contributed by atoms with Crippen molar-refractivity contribution >= 4 is 11.9 Å². The molecule has 0 spiro atoms. The molecule has 1 rings (SSSR count). The SMILES string of the molecule is CCN1C(N(C)C)=NC(N(C)C)=NC1N(C)C. The molecule has 1 unspecified atom stereocenters. The molecule has 0 aliphatic carbocycles. The monoisotopic (exact) mass is 240 g/mol. The summed E-state index contributed by atoms with van der Waals surface area (Å²) in [7, 11) is 12.0. The molecule has 1 heterocycles. The fraction of sp³-hybridized carbons (Fsp3) is 0.818. The summed E-state index contributed by atoms with van der Waals surface area (Å²) >= 11 is 0. The van der Waals surface area contributed by atoms with Crippen molar-refractivity contribution < 1.29 is 0 Å². The maximum atomic E-state index is 4.65. The van der Waals surface area contributed by atoms with Gasteiger partial charge < -0.3 is 14.7 Å². The van der Waals surface area contributed by atoms with Crippen molar-refractivity contribution in [3.05, 3.63) is 0 Å². The van der Waals surface area contributed by atoms with Gasteiger partial charge in [0.05, 0.1) is 0 Å². The standard InChI is InChI=1S/C11H24N6/c1-8-17-10(15(4)5)12-9(14(2)3)13-11(17)16(6)7/h10H,8H2,1-7H3. The average Bonchev–Trinajstić information content (AvgIpc) is 2.26. The third-order valence-electron chi connectivity index (χ3n) is 2.57. The first-order valence-corrected chi connectivity index (χ1v) is 5.82. The van der Waals surface area contributed by atoms with Crippen LogP contribution < -0.4 is 0 Å². The smallest absolute Gasteiger partial charge is 0.226 e. The van der Waals surface area contributed by atoms with E-state index in [1.165, 1.54) is 0 Å². The topological polar surface area (TPSA) is 37.7 Å². The first-order valence-electron chi connectivity index (χ1n) is 5.82. The van der Waals surface area contributed by atoms with Crippen LogP contribution in [0, 0.1) is 0 Å². The molecule has 0 aromatic carbocycles. The van der Waals surface area contributed by atoms with Crippen molar-refractivity contribution in [1.82, 2.24) is 19.6 Å². The first-order chi connectivity index (χ1) is 7.88. The molecule has 0 saturated carbocycles. The third kappa shape index (κ3) is 2.88. The first kappa shape index (κ1) is 13.8. The second kappa shape index (κ2) is 5.35. The number of hydrogen-bond donors (Lipinski definition) is 0. The molecule has 0 bridgehead atoms. The highest BCUT2D eigenvalue weighted by Gasteiger charge is 2.28. The van der Waals surface area contributed by atoms with E-state index in [1.807, 2.05) is 52.1 Å². The molecule has 1 aliphatic rings. The van der Waals surface area contributed by atoms with Gasteiger partial charge >= 0.3 is 0 Å². The lowest BCUT2D eigenvalue weighted by Crippen LogP contribution is -2.54. The van der Waals surface area contributed by atoms with Gasteiger partial charge in [-0.3, -0.25) is 4.90 Å². The van der Waals surface area contributed by atoms with Gasteiger partial charge in [-0.2, -0.15) is 4.99 Å². The van der Waals surface area contributed by atoms with Crippen molar-refractivity contribution in [1.29, 1.82) is 0 Å². The van der Waals surface area contributed by atoms with Crippen LogP contribution in [0.3, 0.4) is 0 Å². The highest BCUT2D eigenvalue weighted by atomic mass is 15.5. The summed E-state index contributed by atoms with van der Waals surface area (Å²) in [4.78, 5) is 17.5. The minimum absolute atomic E-state index is 0.00676. The Morgan fingerprint density at radius 1 is 1.06 bits per heavy atom. The molecular formula is C11H24N6. The van der Waals surface area contributed by atoms with Gasteiger partial charge in [0, 0.05) is 34.7 Å². The fourth-order valence-electron chi connectivity index (χ4n) is 1.73. The van der Waals surface area contributed by atoms with Crippen molar-refractivity contribution in [3.8, 4) is 0 Å². The zero-order chi connectivity index (χ0) is 13.2. The van der Waals surface area contributed by atoms with Gasteiger partial charge in [-0.05, 0) is 21.0 Å². The number of guanidine groups is 2. The molecule has 0 fully saturated rings. The molecule has 0 amide bonds. The van der Waals surface area contributed by atoms with E-state index in [0.29, 0.717) is 0 Å². The van der Waals surface area contributed by atoms with Crippen molar-refractivity contribution in [2.24, 2.45) is 9.98 Å². The molecule has 0 aromatic heterocycles. The van der Waals surface area contributed by atoms with Crippen LogP contribution in [0.15, 0.2) is 9.98 Å². The van der Waals surface area contributed by atoms with Crippen LogP contribution >= 0.6 is 0 Å². The Kier molecular flexibility index (Phi) is 4.34. The number of rotatable bonds is 2. The van der Waals surface area contributed by atoms with Crippen molar-refractivity contribution in [2.45, 2.75) is 13.2 Å². The Hall–Kier alpha value is -1.30. The van der Waals surface area contributed by atoms with Crippen LogP contribution in [-0.4, -0.2) is 86.6 Å². The van der Waals surface area contributed by atoms with Gasteiger partial charge in [0.1, 0.15) is 0 Å². The van der Waals surface area contributed by atoms with Gasteiger partial charge in [0.2, 0.25) is 11.9 Å². The summed E-state index contributed by atoms with van der Waals surface area (Å²) in [5.74, 6) is 1.71. The molecule has 0 N–H and O–H groups in total. The van der Waals surface area contributed by atoms with Gasteiger partial charge in [-0.15, -0.1) is 0 Å². The highest BCUT2D eigenvalue weighted by Crippen LogP contribution is 2.13. The van der Waals surface area contributed by atoms with E-state index in [1.54, 1.807) is 0 Å². The maximum absolute atomic E-state index is 4.65. The summed E-state index contributed by atoms with van der Waals surface area (Å²) in [6.07, 6.45) is 0.00676. The lowest BCUT2D eigenvalue weighted by Gasteiger charge is -2.40. The van der Waals surface area contributed by atoms with Crippen molar-refractivity contribution in [3.63, 3.8) is 0 Å². The van der Waals surface area contributed by atoms with E-state index < -0.39 is 0 Å². The summed E-state index contributed by atoms with van der Waals surface area (Å²) in [5.41, 5.74) is 0. The molecule has 0 radical (unpaired) electrons. The second-order valence-corrected chi connectivity index (χ2v) is 4.73. The molecule has 17 heavy (non-hydrogen) atoms. The van der Waals surface area contributed by atoms with E-state index in [2.05, 4.69) is 26.7 Å². The number of nitrogens with zero attached hydrogens (tertiary/aromatic N) is 6. The lowest BCUT2D eigenvalue weighted by atomic mass is 10.4. The Bertz CT molecular complexity index is 318. The quantitative estimate of drug-likeness (QED) is 0.681. The molecule has 1 aliphatic heterocycles. The minimum atomic E-state index is 0.00676. The number of hydrogen-bond acceptors (Lipinski definition) is 6. The van der Waals surface area contributed by atoms with Crippen LogP contribution in [0.5, 0.6) is 0 Å². The summed E-state index contributed by atoms with van der Waals surface area (Å²) < 4.78 is 0. The van der Waals surface area contributed by atoms with Gasteiger partial charge in [-0.1, -0.05) is 0 Å². The van der Waals surface area contributed by atoms with E-state index >= 15 is 0 Å². The van der Waals surface area contributed by atoms with Gasteiger partial charge in [0.15, 0.2) is 6.29 Å². The predicted octanol–water partition coefficient (Wildman–Crippen LogP) is 0.00230. The Balaban J connectivity index is 3.13. The zero-order valence-electron chi connectivity index (χ0n) is 12.0. The van der Waals surface area contributed by atoms with Gasteiger partial charge in [-0.25, -0.2) is 4.99 Å². The summed E-state index contributed by atoms with van der Waals surface area (Å²) in [6.45, 7) is 3.00. The predicted molar refractivity (Wildman–Crippen MR) is 72.1 cm³/mol.